The van der Waals surface area contributed by atoms with E-state index < -0.39 is 0 Å². The van der Waals surface area contributed by atoms with Crippen LogP contribution in [-0.4, -0.2) is 57.7 Å². The van der Waals surface area contributed by atoms with Gasteiger partial charge in [0.15, 0.2) is 0 Å². The van der Waals surface area contributed by atoms with Crippen LogP contribution in [-0.2, 0) is 11.3 Å². The molecule has 0 N–H and O–H groups in total. The predicted octanol–water partition coefficient (Wildman–Crippen LogP) is 3.14. The van der Waals surface area contributed by atoms with Gasteiger partial charge in [-0.05, 0) is 44.5 Å². The molecule has 0 unspecified atom stereocenters. The van der Waals surface area contributed by atoms with Gasteiger partial charge in [-0.1, -0.05) is 36.8 Å². The lowest BCUT2D eigenvalue weighted by atomic mass is 9.79. The van der Waals surface area contributed by atoms with Gasteiger partial charge in [-0.3, -0.25) is 9.48 Å². The van der Waals surface area contributed by atoms with Crippen molar-refractivity contribution in [3.63, 3.8) is 0 Å². The van der Waals surface area contributed by atoms with Crippen molar-refractivity contribution in [3.8, 4) is 0 Å². The van der Waals surface area contributed by atoms with Crippen LogP contribution in [0.5, 0.6) is 0 Å². The molecule has 2 aliphatic heterocycles. The van der Waals surface area contributed by atoms with Gasteiger partial charge in [0.25, 0.3) is 0 Å². The lowest BCUT2D eigenvalue weighted by Gasteiger charge is -2.48. The maximum atomic E-state index is 13.3. The molecule has 2 fully saturated rings. The van der Waals surface area contributed by atoms with Crippen molar-refractivity contribution in [2.45, 2.75) is 56.7 Å². The standard InChI is InChI=1S/C22H30N4O/c1-24-16-11-19(18-8-3-2-4-9-18)22-20(24)10-5-6-15-26(22)21(27)12-17-25-14-7-13-23-25/h2-4,7-9,13-14,19-20,22H,5-6,10-12,15-17H2,1H3/t19-,20-,22-/m1/s1. The van der Waals surface area contributed by atoms with Gasteiger partial charge in [0.05, 0.1) is 6.04 Å². The molecule has 1 aromatic heterocycles. The van der Waals surface area contributed by atoms with Gasteiger partial charge in [-0.15, -0.1) is 0 Å². The van der Waals surface area contributed by atoms with Crippen molar-refractivity contribution >= 4 is 5.91 Å². The molecule has 1 amide bonds. The second-order valence-electron chi connectivity index (χ2n) is 7.95. The molecule has 1 aromatic carbocycles. The quantitative estimate of drug-likeness (QED) is 0.835. The number of carbonyl (C=O) groups excluding carboxylic acids is 1. The average molecular weight is 367 g/mol. The zero-order chi connectivity index (χ0) is 18.6. The second-order valence-corrected chi connectivity index (χ2v) is 7.95. The number of likely N-dealkylation sites (tertiary alicyclic amines) is 2. The first-order chi connectivity index (χ1) is 13.2. The minimum absolute atomic E-state index is 0.277. The van der Waals surface area contributed by atoms with Gasteiger partial charge in [-0.25, -0.2) is 0 Å². The van der Waals surface area contributed by atoms with E-state index in [4.69, 9.17) is 0 Å². The van der Waals surface area contributed by atoms with Crippen LogP contribution in [0.3, 0.4) is 0 Å². The third-order valence-electron chi connectivity index (χ3n) is 6.34. The number of hydrogen-bond donors (Lipinski definition) is 0. The third kappa shape index (κ3) is 3.93. The molecule has 2 aromatic rings. The molecule has 5 heteroatoms. The summed E-state index contributed by atoms with van der Waals surface area (Å²) in [4.78, 5) is 18.0. The fraction of sp³-hybridized carbons (Fsp3) is 0.545. The number of amides is 1. The zero-order valence-electron chi connectivity index (χ0n) is 16.2. The highest BCUT2D eigenvalue weighted by Crippen LogP contribution is 2.38. The Labute approximate surface area is 162 Å². The number of piperidine rings is 1. The summed E-state index contributed by atoms with van der Waals surface area (Å²) in [6.07, 6.45) is 8.84. The molecule has 4 rings (SSSR count). The number of aromatic nitrogens is 2. The SMILES string of the molecule is CN1CC[C@H](c2ccccc2)[C@@H]2[C@H]1CCCCN2C(=O)CCn1cccn1. The molecule has 27 heavy (non-hydrogen) atoms. The molecule has 0 spiro atoms. The van der Waals surface area contributed by atoms with Gasteiger partial charge < -0.3 is 9.80 Å². The largest absolute Gasteiger partial charge is 0.337 e. The molecule has 0 bridgehead atoms. The van der Waals surface area contributed by atoms with Gasteiger partial charge in [0.2, 0.25) is 5.91 Å². The lowest BCUT2D eigenvalue weighted by Crippen LogP contribution is -2.58. The predicted molar refractivity (Wildman–Crippen MR) is 106 cm³/mol. The molecule has 0 aliphatic carbocycles. The van der Waals surface area contributed by atoms with E-state index in [-0.39, 0.29) is 11.9 Å². The minimum Gasteiger partial charge on any atom is -0.337 e. The van der Waals surface area contributed by atoms with Crippen LogP contribution in [0.15, 0.2) is 48.8 Å². The minimum atomic E-state index is 0.277. The first-order valence-electron chi connectivity index (χ1n) is 10.3. The third-order valence-corrected chi connectivity index (χ3v) is 6.34. The summed E-state index contributed by atoms with van der Waals surface area (Å²) < 4.78 is 1.86. The van der Waals surface area contributed by atoms with Crippen molar-refractivity contribution in [2.75, 3.05) is 20.1 Å². The van der Waals surface area contributed by atoms with Crippen molar-refractivity contribution in [1.82, 2.24) is 19.6 Å². The topological polar surface area (TPSA) is 41.4 Å². The second kappa shape index (κ2) is 8.26. The van der Waals surface area contributed by atoms with Gasteiger partial charge in [0, 0.05) is 43.9 Å². The highest BCUT2D eigenvalue weighted by Gasteiger charge is 2.43. The van der Waals surface area contributed by atoms with Crippen molar-refractivity contribution in [1.29, 1.82) is 0 Å². The maximum absolute atomic E-state index is 13.3. The number of benzene rings is 1. The normalized spacial score (nSPS) is 26.4. The highest BCUT2D eigenvalue weighted by molar-refractivity contribution is 5.76. The van der Waals surface area contributed by atoms with Crippen molar-refractivity contribution in [2.24, 2.45) is 0 Å². The van der Waals surface area contributed by atoms with E-state index >= 15 is 0 Å². The summed E-state index contributed by atoms with van der Waals surface area (Å²) >= 11 is 0. The number of hydrogen-bond acceptors (Lipinski definition) is 3. The van der Waals surface area contributed by atoms with Crippen LogP contribution < -0.4 is 0 Å². The van der Waals surface area contributed by atoms with E-state index in [1.807, 2.05) is 16.9 Å². The van der Waals surface area contributed by atoms with E-state index in [9.17, 15) is 4.79 Å². The molecule has 5 nitrogen and oxygen atoms in total. The summed E-state index contributed by atoms with van der Waals surface area (Å²) in [6, 6.07) is 13.5. The number of likely N-dealkylation sites (N-methyl/N-ethyl adjacent to an activating group) is 1. The molecule has 2 saturated heterocycles. The first kappa shape index (κ1) is 18.2. The Hall–Kier alpha value is -2.14. The van der Waals surface area contributed by atoms with Crippen LogP contribution in [0.1, 0.15) is 43.6 Å². The molecule has 0 saturated carbocycles. The van der Waals surface area contributed by atoms with Gasteiger partial charge in [0.1, 0.15) is 0 Å². The van der Waals surface area contributed by atoms with Crippen molar-refractivity contribution in [3.05, 3.63) is 54.4 Å². The number of fused-ring (bicyclic) bond motifs is 1. The Morgan fingerprint density at radius 3 is 2.74 bits per heavy atom. The molecule has 2 aliphatic rings. The number of carbonyl (C=O) groups is 1. The summed E-state index contributed by atoms with van der Waals surface area (Å²) in [5.74, 6) is 0.706. The molecular weight excluding hydrogens is 336 g/mol. The number of aryl methyl sites for hydroxylation is 1. The Morgan fingerprint density at radius 2 is 1.96 bits per heavy atom. The number of nitrogens with zero attached hydrogens (tertiary/aromatic N) is 4. The van der Waals surface area contributed by atoms with E-state index in [0.717, 1.165) is 25.9 Å². The van der Waals surface area contributed by atoms with Crippen LogP contribution in [0.2, 0.25) is 0 Å². The van der Waals surface area contributed by atoms with Crippen LogP contribution in [0, 0.1) is 0 Å². The fourth-order valence-electron chi connectivity index (χ4n) is 4.95. The molecule has 0 radical (unpaired) electrons. The molecular formula is C22H30N4O. The Balaban J connectivity index is 1.58. The highest BCUT2D eigenvalue weighted by atomic mass is 16.2. The van der Waals surface area contributed by atoms with E-state index in [2.05, 4.69) is 52.3 Å². The summed E-state index contributed by atoms with van der Waals surface area (Å²) in [5, 5.41) is 4.25. The van der Waals surface area contributed by atoms with E-state index in [1.54, 1.807) is 6.20 Å². The van der Waals surface area contributed by atoms with Crippen molar-refractivity contribution < 1.29 is 4.79 Å². The van der Waals surface area contributed by atoms with Crippen LogP contribution >= 0.6 is 0 Å². The maximum Gasteiger partial charge on any atom is 0.224 e. The molecule has 3 atom stereocenters. The average Bonchev–Trinajstić information content (AvgIpc) is 3.12. The summed E-state index contributed by atoms with van der Waals surface area (Å²) in [6.45, 7) is 2.65. The summed E-state index contributed by atoms with van der Waals surface area (Å²) in [7, 11) is 2.23. The molecule has 3 heterocycles. The zero-order valence-corrected chi connectivity index (χ0v) is 16.2. The first-order valence-corrected chi connectivity index (χ1v) is 10.3. The van der Waals surface area contributed by atoms with Gasteiger partial charge in [-0.2, -0.15) is 5.10 Å². The Kier molecular flexibility index (Phi) is 5.58. The Bertz CT molecular complexity index is 730. The fourth-order valence-corrected chi connectivity index (χ4v) is 4.95. The molecule has 144 valence electrons. The van der Waals surface area contributed by atoms with Crippen LogP contribution in [0.4, 0.5) is 0 Å². The van der Waals surface area contributed by atoms with Crippen LogP contribution in [0.25, 0.3) is 0 Å². The van der Waals surface area contributed by atoms with Gasteiger partial charge >= 0.3 is 0 Å². The number of rotatable bonds is 4. The Morgan fingerprint density at radius 1 is 1.11 bits per heavy atom. The smallest absolute Gasteiger partial charge is 0.224 e. The monoisotopic (exact) mass is 366 g/mol. The lowest BCUT2D eigenvalue weighted by molar-refractivity contribution is -0.136. The van der Waals surface area contributed by atoms with E-state index in [1.165, 1.54) is 18.4 Å². The van der Waals surface area contributed by atoms with E-state index in [0.29, 0.717) is 24.9 Å². The summed E-state index contributed by atoms with van der Waals surface area (Å²) in [5.41, 5.74) is 1.38.